The van der Waals surface area contributed by atoms with Gasteiger partial charge < -0.3 is 19.1 Å². The van der Waals surface area contributed by atoms with Crippen molar-refractivity contribution in [2.24, 2.45) is 0 Å². The van der Waals surface area contributed by atoms with Gasteiger partial charge in [-0.3, -0.25) is 0 Å². The zero-order chi connectivity index (χ0) is 97.0. The number of benzene rings is 22. The molecule has 4 nitrogen and oxygen atoms in total. The van der Waals surface area contributed by atoms with Crippen LogP contribution in [-0.4, -0.2) is 4.57 Å². The maximum atomic E-state index is 5.78. The zero-order valence-corrected chi connectivity index (χ0v) is 83.1. The van der Waals surface area contributed by atoms with Gasteiger partial charge in [-0.15, -0.1) is 22.7 Å². The monoisotopic (exact) mass is 1920 g/mol. The van der Waals surface area contributed by atoms with Crippen LogP contribution in [0.5, 0.6) is 11.5 Å². The second kappa shape index (κ2) is 40.7. The van der Waals surface area contributed by atoms with Gasteiger partial charge in [-0.1, -0.05) is 388 Å². The minimum absolute atomic E-state index is 0.957. The van der Waals surface area contributed by atoms with Gasteiger partial charge in [-0.25, -0.2) is 0 Å². The van der Waals surface area contributed by atoms with E-state index >= 15 is 0 Å². The number of aromatic nitrogens is 1. The first-order chi connectivity index (χ1) is 72.4. The van der Waals surface area contributed by atoms with Gasteiger partial charge in [0, 0.05) is 113 Å². The Morgan fingerprint density at radius 1 is 0.205 bits per heavy atom. The summed E-state index contributed by atoms with van der Waals surface area (Å²) in [6, 6.07) is 189. The average Bonchev–Trinajstić information content (AvgIpc) is 1.57. The predicted octanol–water partition coefficient (Wildman–Crippen LogP) is 38.2. The Bertz CT molecular complexity index is 8570. The van der Waals surface area contributed by atoms with Crippen molar-refractivity contribution in [1.29, 1.82) is 0 Å². The molecule has 696 valence electrons. The molecule has 146 heavy (non-hydrogen) atoms. The van der Waals surface area contributed by atoms with Crippen LogP contribution in [0.3, 0.4) is 0 Å². The average molecular weight is 1930 g/mol. The quantitative estimate of drug-likeness (QED) is 0.143. The maximum Gasteiger partial charge on any atom is 0.130 e. The second-order valence-corrected chi connectivity index (χ2v) is 41.1. The third-order valence-electron chi connectivity index (χ3n) is 28.8. The van der Waals surface area contributed by atoms with Crippen LogP contribution in [0.2, 0.25) is 0 Å². The first kappa shape index (κ1) is 90.1. The van der Waals surface area contributed by atoms with E-state index in [9.17, 15) is 0 Å². The van der Waals surface area contributed by atoms with E-state index < -0.39 is 0 Å². The summed E-state index contributed by atoms with van der Waals surface area (Å²) in [6.07, 6.45) is 7.23. The van der Waals surface area contributed by atoms with Crippen LogP contribution in [0.1, 0.15) is 77.9 Å². The van der Waals surface area contributed by atoms with Crippen molar-refractivity contribution in [3.63, 3.8) is 0 Å². The summed E-state index contributed by atoms with van der Waals surface area (Å²) in [7, 11) is 0. The predicted molar refractivity (Wildman–Crippen MR) is 619 cm³/mol. The van der Waals surface area contributed by atoms with Crippen molar-refractivity contribution in [2.75, 3.05) is 9.80 Å². The molecule has 0 radical (unpaired) electrons. The molecule has 5 heterocycles. The fourth-order valence-corrected chi connectivity index (χ4v) is 25.4. The van der Waals surface area contributed by atoms with Gasteiger partial charge in [0.25, 0.3) is 0 Å². The van der Waals surface area contributed by atoms with Crippen molar-refractivity contribution in [2.45, 2.75) is 54.7 Å². The largest absolute Gasteiger partial charge is 0.457 e. The van der Waals surface area contributed by atoms with Gasteiger partial charge in [0.2, 0.25) is 0 Å². The van der Waals surface area contributed by atoms with Crippen molar-refractivity contribution in [1.82, 2.24) is 4.57 Å². The van der Waals surface area contributed by atoms with E-state index in [4.69, 9.17) is 4.74 Å². The number of hydrogen-bond acceptors (Lipinski definition) is 6. The standard InChI is InChI=1S/C37H28N2.C25H17N.2C19H12S.C13H10O.C13H10S.C13H12/c1-5-13-30(14-6-1)38(31-15-7-2-8-16-31)34-23-21-28-25-29-22-24-35(27-37(29)36(28)26-34)39(32-17-9-3-10-18-32)33-19-11-4-12-20-33;1-2-9-19(10-3-1)26-24-13-7-6-12-21(24)23-16-22-18(15-25(23)26)14-17-8-4-5-11-20(17)22;1-2-6-14-12(5-1)9-13-10-19-17(11-16(13)14)15-7-3-4-8-18(15)20-19;1-2-6-14-12(5-1)11-13-9-10-16-15-7-3-4-8-17(15)20-19(16)18(13)14;2*1-3-7-12-10(5-1)9-11-6-2-4-8-13(11)14-12;1-3-7-12(8-4-1)11-13-9-5-2-6-10-13/h1-24,26-27H,25H2;1-13,15-16H,14H2;1-8,10-11H,9H2;1-10H,11H2;2*1-8H,9H2;1-10H,11H2. The lowest BCUT2D eigenvalue weighted by Crippen LogP contribution is -2.10. The molecule has 0 N–H and O–H groups in total. The molecule has 22 aromatic carbocycles. The smallest absolute Gasteiger partial charge is 0.130 e. The first-order valence-corrected chi connectivity index (χ1v) is 52.9. The van der Waals surface area contributed by atoms with Crippen LogP contribution >= 0.6 is 34.4 Å². The molecule has 25 aromatic rings. The van der Waals surface area contributed by atoms with E-state index in [1.54, 1.807) is 0 Å². The maximum absolute atomic E-state index is 5.78. The SMILES string of the molecule is c1ccc(-n2c3ccccc3c3cc4c(cc32)Cc2ccccc2-4)cc1.c1ccc(Cc2ccccc2)cc1.c1ccc(N(c2ccccc2)c2ccc3c(c2)-c2cc(N(c4ccccc4)c4ccccc4)ccc2C3)cc1.c1ccc2c(c1)Cc1cc3sc4ccccc4c3cc1-2.c1ccc2c(c1)Cc1ccc3c(sc4ccccc43)c1-2.c1ccc2c(c1)Cc1ccccc1O2.c1ccc2c(c1)Cc1ccccc1S2. The Morgan fingerprint density at radius 3 is 1.09 bits per heavy atom. The molecule has 31 rings (SSSR count). The molecule has 2 aliphatic heterocycles. The van der Waals surface area contributed by atoms with Crippen molar-refractivity contribution >= 4 is 131 Å². The molecule has 0 amide bonds. The van der Waals surface area contributed by atoms with E-state index in [0.29, 0.717) is 0 Å². The van der Waals surface area contributed by atoms with Gasteiger partial charge in [-0.05, 0) is 307 Å². The lowest BCUT2D eigenvalue weighted by atomic mass is 10.0. The molecule has 0 unspecified atom stereocenters. The Balaban J connectivity index is 0.0000000920. The van der Waals surface area contributed by atoms with E-state index in [0.717, 1.165) is 90.6 Å². The summed E-state index contributed by atoms with van der Waals surface area (Å²) >= 11 is 5.72. The molecule has 6 aliphatic rings. The Hall–Kier alpha value is -17.2. The number of fused-ring (bicyclic) bond motifs is 26. The molecule has 0 fully saturated rings. The van der Waals surface area contributed by atoms with E-state index in [1.165, 1.54) is 200 Å². The van der Waals surface area contributed by atoms with Crippen molar-refractivity contribution in [3.8, 4) is 61.7 Å². The number of anilines is 6. The van der Waals surface area contributed by atoms with Crippen molar-refractivity contribution < 1.29 is 4.74 Å². The molecular weight excluding hydrogens is 1820 g/mol. The summed E-state index contributed by atoms with van der Waals surface area (Å²) < 4.78 is 13.8. The number of para-hydroxylation sites is 8. The summed E-state index contributed by atoms with van der Waals surface area (Å²) in [5, 5.41) is 8.24. The fraction of sp³-hybridized carbons (Fsp3) is 0.0504. The molecular formula is C139H101N3OS3. The summed E-state index contributed by atoms with van der Waals surface area (Å²) in [5.74, 6) is 1.98. The molecule has 0 spiro atoms. The van der Waals surface area contributed by atoms with Gasteiger partial charge in [0.15, 0.2) is 0 Å². The van der Waals surface area contributed by atoms with Crippen LogP contribution < -0.4 is 14.5 Å². The van der Waals surface area contributed by atoms with Crippen LogP contribution in [0.25, 0.3) is 112 Å². The van der Waals surface area contributed by atoms with Crippen LogP contribution in [-0.2, 0) is 44.9 Å². The van der Waals surface area contributed by atoms with Crippen LogP contribution in [0, 0.1) is 0 Å². The van der Waals surface area contributed by atoms with Crippen LogP contribution in [0.15, 0.2) is 538 Å². The summed E-state index contributed by atoms with van der Waals surface area (Å²) in [4.78, 5) is 7.49. The highest BCUT2D eigenvalue weighted by atomic mass is 32.2. The van der Waals surface area contributed by atoms with Gasteiger partial charge >= 0.3 is 0 Å². The van der Waals surface area contributed by atoms with E-state index in [2.05, 4.69) is 518 Å². The number of ether oxygens (including phenoxy) is 1. The summed E-state index contributed by atoms with van der Waals surface area (Å²) in [6.45, 7) is 0. The normalized spacial score (nSPS) is 12.1. The topological polar surface area (TPSA) is 20.6 Å². The van der Waals surface area contributed by atoms with Gasteiger partial charge in [-0.2, -0.15) is 0 Å². The Kier molecular flexibility index (Phi) is 25.1. The highest BCUT2D eigenvalue weighted by Crippen LogP contribution is 2.52. The molecule has 0 saturated heterocycles. The highest BCUT2D eigenvalue weighted by molar-refractivity contribution is 7.99. The second-order valence-electron chi connectivity index (χ2n) is 37.9. The van der Waals surface area contributed by atoms with E-state index in [1.807, 2.05) is 58.7 Å². The minimum atomic E-state index is 0.957. The third kappa shape index (κ3) is 18.2. The Labute approximate surface area is 865 Å². The van der Waals surface area contributed by atoms with E-state index in [-0.39, 0.29) is 0 Å². The highest BCUT2D eigenvalue weighted by Gasteiger charge is 2.29. The number of nitrogens with zero attached hydrogens (tertiary/aromatic N) is 3. The molecule has 7 heteroatoms. The molecule has 4 aliphatic carbocycles. The molecule has 3 aromatic heterocycles. The Morgan fingerprint density at radius 2 is 0.562 bits per heavy atom. The zero-order valence-electron chi connectivity index (χ0n) is 80.7. The lowest BCUT2D eigenvalue weighted by molar-refractivity contribution is 0.460. The first-order valence-electron chi connectivity index (χ1n) is 50.4. The molecule has 0 atom stereocenters. The molecule has 0 bridgehead atoms. The fourth-order valence-electron chi connectivity index (χ4n) is 21.9. The summed E-state index contributed by atoms with van der Waals surface area (Å²) in [5.41, 5.74) is 41.5. The number of thiophene rings is 2. The lowest BCUT2D eigenvalue weighted by Gasteiger charge is -2.27. The minimum Gasteiger partial charge on any atom is -0.457 e. The number of rotatable bonds is 9. The number of hydrogen-bond donors (Lipinski definition) is 0. The van der Waals surface area contributed by atoms with Gasteiger partial charge in [0.05, 0.1) is 11.0 Å². The van der Waals surface area contributed by atoms with Crippen LogP contribution in [0.4, 0.5) is 34.1 Å². The van der Waals surface area contributed by atoms with Gasteiger partial charge in [0.1, 0.15) is 11.5 Å². The van der Waals surface area contributed by atoms with Crippen molar-refractivity contribution in [3.05, 3.63) is 606 Å². The third-order valence-corrected chi connectivity index (χ3v) is 32.4. The molecule has 0 saturated carbocycles.